The van der Waals surface area contributed by atoms with Gasteiger partial charge < -0.3 is 10.2 Å². The Morgan fingerprint density at radius 2 is 1.79 bits per heavy atom. The molecule has 1 saturated heterocycles. The summed E-state index contributed by atoms with van der Waals surface area (Å²) in [5, 5.41) is 21.1. The van der Waals surface area contributed by atoms with Crippen molar-refractivity contribution < 1.29 is 24.8 Å². The molecule has 0 bridgehead atoms. The molecule has 5 nitrogen and oxygen atoms in total. The van der Waals surface area contributed by atoms with Crippen LogP contribution in [0.4, 0.5) is 0 Å². The first-order valence-corrected chi connectivity index (χ1v) is 11.6. The lowest BCUT2D eigenvalue weighted by Gasteiger charge is -2.64. The summed E-state index contributed by atoms with van der Waals surface area (Å²) in [6.45, 7) is 12.9. The highest BCUT2D eigenvalue weighted by atomic mass is 17.2. The van der Waals surface area contributed by atoms with Crippen molar-refractivity contribution >= 4 is 5.97 Å². The van der Waals surface area contributed by atoms with Crippen molar-refractivity contribution in [3.8, 4) is 0 Å². The van der Waals surface area contributed by atoms with E-state index in [1.807, 2.05) is 0 Å². The molecule has 7 unspecified atom stereocenters. The van der Waals surface area contributed by atoms with E-state index < -0.39 is 17.5 Å². The smallest absolute Gasteiger partial charge is 0.308 e. The molecule has 2 aliphatic carbocycles. The molecule has 0 aromatic heterocycles. The summed E-state index contributed by atoms with van der Waals surface area (Å²) >= 11 is 0. The highest BCUT2D eigenvalue weighted by Gasteiger charge is 2.63. The van der Waals surface area contributed by atoms with Crippen LogP contribution in [0.15, 0.2) is 0 Å². The van der Waals surface area contributed by atoms with Gasteiger partial charge in [-0.3, -0.25) is 4.79 Å². The Morgan fingerprint density at radius 3 is 2.38 bits per heavy atom. The van der Waals surface area contributed by atoms with Gasteiger partial charge in [-0.15, -0.1) is 0 Å². The molecule has 29 heavy (non-hydrogen) atoms. The Bertz CT molecular complexity index is 608. The quantitative estimate of drug-likeness (QED) is 0.598. The van der Waals surface area contributed by atoms with Crippen molar-refractivity contribution in [2.45, 2.75) is 117 Å². The molecular weight excluding hydrogens is 368 g/mol. The van der Waals surface area contributed by atoms with Crippen LogP contribution in [0.25, 0.3) is 0 Å². The van der Waals surface area contributed by atoms with Crippen LogP contribution >= 0.6 is 0 Å². The summed E-state index contributed by atoms with van der Waals surface area (Å²) < 4.78 is 0. The summed E-state index contributed by atoms with van der Waals surface area (Å²) in [7, 11) is 0. The zero-order valence-corrected chi connectivity index (χ0v) is 19.3. The largest absolute Gasteiger partial charge is 0.481 e. The standard InChI is InChI=1S/C24H42O5/c1-16-8-15-24(27)21(3,4)11-7-12-23(24,6)18(16)9-13-22(5)14-10-19(28-29-22)17(2)20(25)26/h16-19,27H,7-15H2,1-6H3,(H,25,26). The Morgan fingerprint density at radius 1 is 1.10 bits per heavy atom. The number of carbonyl (C=O) groups is 1. The molecule has 3 fully saturated rings. The monoisotopic (exact) mass is 410 g/mol. The third-order valence-electron chi connectivity index (χ3n) is 9.29. The Hall–Kier alpha value is -0.650. The number of carboxylic acids is 1. The first-order chi connectivity index (χ1) is 13.4. The second kappa shape index (κ2) is 7.80. The maximum Gasteiger partial charge on any atom is 0.308 e. The lowest BCUT2D eigenvalue weighted by atomic mass is 9.43. The maximum atomic E-state index is 11.9. The van der Waals surface area contributed by atoms with Gasteiger partial charge in [-0.1, -0.05) is 34.1 Å². The van der Waals surface area contributed by atoms with Crippen LogP contribution in [0.1, 0.15) is 99.3 Å². The first kappa shape index (κ1) is 23.0. The highest BCUT2D eigenvalue weighted by Crippen LogP contribution is 2.64. The Labute approximate surface area is 176 Å². The molecule has 1 aliphatic heterocycles. The van der Waals surface area contributed by atoms with Crippen LogP contribution in [0.5, 0.6) is 0 Å². The summed E-state index contributed by atoms with van der Waals surface area (Å²) in [5.41, 5.74) is -1.11. The number of carboxylic acid groups (broad SMARTS) is 1. The van der Waals surface area contributed by atoms with Gasteiger partial charge in [0.1, 0.15) is 11.7 Å². The number of hydrogen-bond donors (Lipinski definition) is 2. The van der Waals surface area contributed by atoms with E-state index in [9.17, 15) is 15.0 Å². The molecule has 2 saturated carbocycles. The van der Waals surface area contributed by atoms with Gasteiger partial charge in [0, 0.05) is 0 Å². The molecule has 0 aromatic rings. The van der Waals surface area contributed by atoms with Gasteiger partial charge in [-0.05, 0) is 87.9 Å². The first-order valence-electron chi connectivity index (χ1n) is 11.6. The van der Waals surface area contributed by atoms with Crippen LogP contribution in [0, 0.1) is 28.6 Å². The second-order valence-corrected chi connectivity index (χ2v) is 11.5. The van der Waals surface area contributed by atoms with E-state index in [1.54, 1.807) is 6.92 Å². The molecule has 3 rings (SSSR count). The molecule has 168 valence electrons. The molecule has 3 aliphatic rings. The van der Waals surface area contributed by atoms with Gasteiger partial charge in [0.2, 0.25) is 0 Å². The number of aliphatic hydroxyl groups is 1. The molecule has 1 heterocycles. The molecule has 5 heteroatoms. The van der Waals surface area contributed by atoms with Gasteiger partial charge in [0.25, 0.3) is 0 Å². The zero-order valence-electron chi connectivity index (χ0n) is 19.3. The maximum absolute atomic E-state index is 11.9. The highest BCUT2D eigenvalue weighted by molar-refractivity contribution is 5.70. The third-order valence-corrected chi connectivity index (χ3v) is 9.29. The minimum atomic E-state index is -0.842. The van der Waals surface area contributed by atoms with Crippen molar-refractivity contribution in [3.63, 3.8) is 0 Å². The SMILES string of the molecule is CC1CCC2(O)C(C)(C)CCCC2(C)C1CCC1(C)CCC(C(C)C(=O)O)OO1. The van der Waals surface area contributed by atoms with Crippen molar-refractivity contribution in [2.75, 3.05) is 0 Å². The molecule has 2 N–H and O–H groups in total. The van der Waals surface area contributed by atoms with Crippen LogP contribution in [-0.4, -0.2) is 33.5 Å². The van der Waals surface area contributed by atoms with E-state index in [0.717, 1.165) is 44.9 Å². The second-order valence-electron chi connectivity index (χ2n) is 11.5. The number of rotatable bonds is 5. The minimum absolute atomic E-state index is 0.0487. The van der Waals surface area contributed by atoms with Crippen LogP contribution < -0.4 is 0 Å². The van der Waals surface area contributed by atoms with Crippen molar-refractivity contribution in [2.24, 2.45) is 28.6 Å². The van der Waals surface area contributed by atoms with Gasteiger partial charge in [-0.2, -0.15) is 0 Å². The average molecular weight is 411 g/mol. The van der Waals surface area contributed by atoms with Crippen molar-refractivity contribution in [1.29, 1.82) is 0 Å². The van der Waals surface area contributed by atoms with E-state index in [4.69, 9.17) is 9.78 Å². The van der Waals surface area contributed by atoms with Crippen LogP contribution in [0.3, 0.4) is 0 Å². The predicted octanol–water partition coefficient (Wildman–Crippen LogP) is 5.35. The molecule has 0 aromatic carbocycles. The van der Waals surface area contributed by atoms with E-state index in [-0.39, 0.29) is 22.5 Å². The third kappa shape index (κ3) is 3.87. The number of hydrogen-bond acceptors (Lipinski definition) is 4. The number of fused-ring (bicyclic) bond motifs is 1. The zero-order chi connectivity index (χ0) is 21.7. The lowest BCUT2D eigenvalue weighted by molar-refractivity contribution is -0.412. The normalized spacial score (nSPS) is 46.0. The fourth-order valence-corrected chi connectivity index (χ4v) is 6.90. The average Bonchev–Trinajstić information content (AvgIpc) is 2.64. The van der Waals surface area contributed by atoms with E-state index in [0.29, 0.717) is 18.3 Å². The molecule has 7 atom stereocenters. The molecular formula is C24H42O5. The molecule has 0 spiro atoms. The van der Waals surface area contributed by atoms with Crippen molar-refractivity contribution in [3.05, 3.63) is 0 Å². The summed E-state index contributed by atoms with van der Waals surface area (Å²) in [4.78, 5) is 22.5. The topological polar surface area (TPSA) is 76.0 Å². The molecule has 0 amide bonds. The fraction of sp³-hybridized carbons (Fsp3) is 0.958. The van der Waals surface area contributed by atoms with Crippen molar-refractivity contribution in [1.82, 2.24) is 0 Å². The van der Waals surface area contributed by atoms with E-state index in [2.05, 4.69) is 34.6 Å². The summed E-state index contributed by atoms with van der Waals surface area (Å²) in [5.74, 6) is -0.361. The van der Waals surface area contributed by atoms with Crippen LogP contribution in [-0.2, 0) is 14.6 Å². The number of aliphatic carboxylic acids is 1. The Balaban J connectivity index is 1.69. The van der Waals surface area contributed by atoms with E-state index >= 15 is 0 Å². The summed E-state index contributed by atoms with van der Waals surface area (Å²) in [6, 6.07) is 0. The fourth-order valence-electron chi connectivity index (χ4n) is 6.90. The molecule has 0 radical (unpaired) electrons. The Kier molecular flexibility index (Phi) is 6.19. The lowest BCUT2D eigenvalue weighted by Crippen LogP contribution is -2.65. The predicted molar refractivity (Wildman–Crippen MR) is 112 cm³/mol. The van der Waals surface area contributed by atoms with Gasteiger partial charge in [0.05, 0.1) is 11.5 Å². The van der Waals surface area contributed by atoms with Gasteiger partial charge in [-0.25, -0.2) is 9.78 Å². The van der Waals surface area contributed by atoms with Gasteiger partial charge >= 0.3 is 5.97 Å². The minimum Gasteiger partial charge on any atom is -0.481 e. The van der Waals surface area contributed by atoms with Crippen LogP contribution in [0.2, 0.25) is 0 Å². The van der Waals surface area contributed by atoms with Gasteiger partial charge in [0.15, 0.2) is 0 Å². The summed E-state index contributed by atoms with van der Waals surface area (Å²) in [6.07, 6.45) is 8.37. The van der Waals surface area contributed by atoms with E-state index in [1.165, 1.54) is 6.42 Å².